The summed E-state index contributed by atoms with van der Waals surface area (Å²) < 4.78 is 0. The lowest BCUT2D eigenvalue weighted by Gasteiger charge is -2.39. The lowest BCUT2D eigenvalue weighted by molar-refractivity contribution is -0.134. The highest BCUT2D eigenvalue weighted by Crippen LogP contribution is 2.26. The van der Waals surface area contributed by atoms with Crippen molar-refractivity contribution < 1.29 is 4.79 Å². The largest absolute Gasteiger partial charge is 0.339 e. The van der Waals surface area contributed by atoms with Crippen LogP contribution in [-0.2, 0) is 24.1 Å². The molecule has 1 saturated heterocycles. The molecule has 2 aromatic rings. The van der Waals surface area contributed by atoms with Gasteiger partial charge in [-0.25, -0.2) is 0 Å². The topological polar surface area (TPSA) is 49.6 Å². The smallest absolute Gasteiger partial charge is 0.239 e. The Hall–Kier alpha value is -1.59. The maximum atomic E-state index is 12.8. The Labute approximate surface area is 176 Å². The molecule has 0 bridgehead atoms. The second-order valence-corrected chi connectivity index (χ2v) is 8.58. The second-order valence-electron chi connectivity index (χ2n) is 7.74. The van der Waals surface area contributed by atoms with Crippen LogP contribution in [0.3, 0.4) is 0 Å². The standard InChI is InChI=1S/C22H25Cl2N3O/c23-18-6-5-17(20(24)14-18)13-21(25)22(28)27-9-7-26(8-10-27)19-11-15-3-1-2-4-16(15)12-19/h1-6,14,19,21H,7-13,25H2. The van der Waals surface area contributed by atoms with E-state index in [0.717, 1.165) is 44.6 Å². The molecule has 2 N–H and O–H groups in total. The van der Waals surface area contributed by atoms with Crippen LogP contribution in [0.4, 0.5) is 0 Å². The van der Waals surface area contributed by atoms with Crippen LogP contribution in [0.1, 0.15) is 16.7 Å². The molecule has 1 atom stereocenters. The van der Waals surface area contributed by atoms with Gasteiger partial charge in [0.05, 0.1) is 6.04 Å². The minimum atomic E-state index is -0.582. The minimum Gasteiger partial charge on any atom is -0.339 e. The molecule has 1 unspecified atom stereocenters. The Morgan fingerprint density at radius 2 is 1.68 bits per heavy atom. The molecule has 1 aliphatic heterocycles. The number of hydrogen-bond donors (Lipinski definition) is 1. The van der Waals surface area contributed by atoms with E-state index in [1.165, 1.54) is 11.1 Å². The summed E-state index contributed by atoms with van der Waals surface area (Å²) in [7, 11) is 0. The van der Waals surface area contributed by atoms with E-state index in [1.54, 1.807) is 12.1 Å². The summed E-state index contributed by atoms with van der Waals surface area (Å²) in [6.07, 6.45) is 2.64. The van der Waals surface area contributed by atoms with E-state index < -0.39 is 6.04 Å². The zero-order chi connectivity index (χ0) is 19.7. The van der Waals surface area contributed by atoms with E-state index in [4.69, 9.17) is 28.9 Å². The van der Waals surface area contributed by atoms with Crippen LogP contribution in [0, 0.1) is 0 Å². The van der Waals surface area contributed by atoms with Crippen molar-refractivity contribution in [2.75, 3.05) is 26.2 Å². The Balaban J connectivity index is 1.30. The lowest BCUT2D eigenvalue weighted by Crippen LogP contribution is -2.55. The van der Waals surface area contributed by atoms with Crippen LogP contribution in [0.2, 0.25) is 10.0 Å². The maximum absolute atomic E-state index is 12.8. The third-order valence-electron chi connectivity index (χ3n) is 5.94. The van der Waals surface area contributed by atoms with Crippen LogP contribution in [-0.4, -0.2) is 54.0 Å². The van der Waals surface area contributed by atoms with E-state index in [1.807, 2.05) is 11.0 Å². The van der Waals surface area contributed by atoms with Gasteiger partial charge in [0.1, 0.15) is 0 Å². The van der Waals surface area contributed by atoms with Gasteiger partial charge in [-0.1, -0.05) is 53.5 Å². The van der Waals surface area contributed by atoms with Crippen LogP contribution in [0.15, 0.2) is 42.5 Å². The Morgan fingerprint density at radius 1 is 1.04 bits per heavy atom. The van der Waals surface area contributed by atoms with Gasteiger partial charge in [-0.05, 0) is 48.1 Å². The van der Waals surface area contributed by atoms with E-state index >= 15 is 0 Å². The molecule has 1 amide bonds. The normalized spacial score (nSPS) is 18.9. The number of nitrogens with two attached hydrogens (primary N) is 1. The number of carbonyl (C=O) groups excluding carboxylic acids is 1. The third-order valence-corrected chi connectivity index (χ3v) is 6.53. The Bertz CT molecular complexity index is 840. The number of nitrogens with zero attached hydrogens (tertiary/aromatic N) is 2. The molecule has 0 radical (unpaired) electrons. The van der Waals surface area contributed by atoms with Crippen LogP contribution >= 0.6 is 23.2 Å². The molecule has 1 fully saturated rings. The van der Waals surface area contributed by atoms with Crippen LogP contribution in [0.5, 0.6) is 0 Å². The summed E-state index contributed by atoms with van der Waals surface area (Å²) in [5, 5.41) is 1.14. The molecule has 148 valence electrons. The van der Waals surface area contributed by atoms with Gasteiger partial charge in [0, 0.05) is 42.3 Å². The molecule has 0 saturated carbocycles. The molecule has 6 heteroatoms. The summed E-state index contributed by atoms with van der Waals surface area (Å²) in [5.74, 6) is 0.000347. The highest BCUT2D eigenvalue weighted by molar-refractivity contribution is 6.35. The van der Waals surface area contributed by atoms with Gasteiger partial charge >= 0.3 is 0 Å². The number of carbonyl (C=O) groups is 1. The third kappa shape index (κ3) is 4.20. The molecule has 1 heterocycles. The highest BCUT2D eigenvalue weighted by atomic mass is 35.5. The first kappa shape index (κ1) is 19.7. The van der Waals surface area contributed by atoms with Gasteiger partial charge in [-0.15, -0.1) is 0 Å². The number of amides is 1. The van der Waals surface area contributed by atoms with Crippen molar-refractivity contribution in [2.24, 2.45) is 5.73 Å². The molecule has 2 aromatic carbocycles. The first-order valence-electron chi connectivity index (χ1n) is 9.80. The second kappa shape index (κ2) is 8.42. The molecule has 4 rings (SSSR count). The summed E-state index contributed by atoms with van der Waals surface area (Å²) in [5.41, 5.74) is 9.99. The quantitative estimate of drug-likeness (QED) is 0.830. The van der Waals surface area contributed by atoms with Crippen LogP contribution in [0.25, 0.3) is 0 Å². The average molecular weight is 418 g/mol. The van der Waals surface area contributed by atoms with Crippen molar-refractivity contribution in [1.29, 1.82) is 0 Å². The molecule has 0 aromatic heterocycles. The van der Waals surface area contributed by atoms with E-state index in [0.29, 0.717) is 22.5 Å². The molecule has 4 nitrogen and oxygen atoms in total. The van der Waals surface area contributed by atoms with Gasteiger partial charge in [0.15, 0.2) is 0 Å². The fraction of sp³-hybridized carbons (Fsp3) is 0.409. The summed E-state index contributed by atoms with van der Waals surface area (Å²) >= 11 is 12.2. The minimum absolute atomic E-state index is 0.000347. The van der Waals surface area contributed by atoms with Crippen molar-refractivity contribution >= 4 is 29.1 Å². The average Bonchev–Trinajstić information content (AvgIpc) is 3.14. The predicted octanol–water partition coefficient (Wildman–Crippen LogP) is 3.17. The Kier molecular flexibility index (Phi) is 5.93. The maximum Gasteiger partial charge on any atom is 0.239 e. The van der Waals surface area contributed by atoms with Gasteiger partial charge < -0.3 is 10.6 Å². The highest BCUT2D eigenvalue weighted by Gasteiger charge is 2.31. The first-order valence-corrected chi connectivity index (χ1v) is 10.6. The molecular formula is C22H25Cl2N3O. The molecule has 0 spiro atoms. The van der Waals surface area contributed by atoms with Crippen molar-refractivity contribution in [2.45, 2.75) is 31.3 Å². The van der Waals surface area contributed by atoms with Crippen molar-refractivity contribution in [1.82, 2.24) is 9.80 Å². The SMILES string of the molecule is NC(Cc1ccc(Cl)cc1Cl)C(=O)N1CCN(C2Cc3ccccc3C2)CC1. The summed E-state index contributed by atoms with van der Waals surface area (Å²) in [4.78, 5) is 17.2. The zero-order valence-corrected chi connectivity index (χ0v) is 17.3. The van der Waals surface area contributed by atoms with Gasteiger partial charge in [0.2, 0.25) is 5.91 Å². The molecular weight excluding hydrogens is 393 g/mol. The number of halogens is 2. The zero-order valence-electron chi connectivity index (χ0n) is 15.8. The Morgan fingerprint density at radius 3 is 2.29 bits per heavy atom. The number of fused-ring (bicyclic) bond motifs is 1. The van der Waals surface area contributed by atoms with Gasteiger partial charge in [-0.3, -0.25) is 9.69 Å². The fourth-order valence-corrected chi connectivity index (χ4v) is 4.83. The predicted molar refractivity (Wildman–Crippen MR) is 114 cm³/mol. The summed E-state index contributed by atoms with van der Waals surface area (Å²) in [6, 6.07) is 14.0. The van der Waals surface area contributed by atoms with Crippen molar-refractivity contribution in [3.8, 4) is 0 Å². The van der Waals surface area contributed by atoms with E-state index in [-0.39, 0.29) is 5.91 Å². The van der Waals surface area contributed by atoms with Crippen molar-refractivity contribution in [3.63, 3.8) is 0 Å². The van der Waals surface area contributed by atoms with Gasteiger partial charge in [-0.2, -0.15) is 0 Å². The summed E-state index contributed by atoms with van der Waals surface area (Å²) in [6.45, 7) is 3.26. The fourth-order valence-electron chi connectivity index (χ4n) is 4.35. The number of piperazine rings is 1. The number of benzene rings is 2. The van der Waals surface area contributed by atoms with Crippen molar-refractivity contribution in [3.05, 3.63) is 69.2 Å². The molecule has 2 aliphatic rings. The van der Waals surface area contributed by atoms with Gasteiger partial charge in [0.25, 0.3) is 0 Å². The van der Waals surface area contributed by atoms with E-state index in [9.17, 15) is 4.79 Å². The number of rotatable bonds is 4. The lowest BCUT2D eigenvalue weighted by atomic mass is 10.0. The first-order chi connectivity index (χ1) is 13.5. The number of hydrogen-bond acceptors (Lipinski definition) is 3. The monoisotopic (exact) mass is 417 g/mol. The molecule has 28 heavy (non-hydrogen) atoms. The molecule has 1 aliphatic carbocycles. The van der Waals surface area contributed by atoms with E-state index in [2.05, 4.69) is 29.2 Å². The van der Waals surface area contributed by atoms with Crippen LogP contribution < -0.4 is 5.73 Å².